The highest BCUT2D eigenvalue weighted by atomic mass is 16.5. The lowest BCUT2D eigenvalue weighted by Gasteiger charge is -2.43. The van der Waals surface area contributed by atoms with E-state index in [4.69, 9.17) is 4.74 Å². The maximum atomic E-state index is 5.70. The summed E-state index contributed by atoms with van der Waals surface area (Å²) >= 11 is 0. The van der Waals surface area contributed by atoms with Crippen LogP contribution in [0.2, 0.25) is 0 Å². The van der Waals surface area contributed by atoms with Crippen molar-refractivity contribution in [1.82, 2.24) is 10.2 Å². The van der Waals surface area contributed by atoms with Crippen molar-refractivity contribution in [2.75, 3.05) is 39.8 Å². The third kappa shape index (κ3) is 4.94. The first-order chi connectivity index (χ1) is 10.2. The van der Waals surface area contributed by atoms with Gasteiger partial charge in [0.1, 0.15) is 0 Å². The van der Waals surface area contributed by atoms with Crippen molar-refractivity contribution >= 4 is 0 Å². The van der Waals surface area contributed by atoms with Gasteiger partial charge < -0.3 is 15.0 Å². The third-order valence-electron chi connectivity index (χ3n) is 5.75. The van der Waals surface area contributed by atoms with E-state index in [0.717, 1.165) is 13.1 Å². The SMILES string of the molecule is CCNCC1(CN2CCC(C)C(OC)C2)CCCCCC1. The van der Waals surface area contributed by atoms with Gasteiger partial charge in [0.25, 0.3) is 0 Å². The zero-order valence-electron chi connectivity index (χ0n) is 14.5. The first kappa shape index (κ1) is 17.2. The van der Waals surface area contributed by atoms with Gasteiger partial charge in [0, 0.05) is 26.7 Å². The standard InChI is InChI=1S/C18H36N2O/c1-4-19-14-18(10-7-5-6-8-11-18)15-20-12-9-16(2)17(13-20)21-3/h16-17,19H,4-15H2,1-3H3. The van der Waals surface area contributed by atoms with Crippen molar-refractivity contribution in [1.29, 1.82) is 0 Å². The van der Waals surface area contributed by atoms with Crippen LogP contribution < -0.4 is 5.32 Å². The van der Waals surface area contributed by atoms with Gasteiger partial charge in [0.05, 0.1) is 6.10 Å². The number of methoxy groups -OCH3 is 1. The Kier molecular flexibility index (Phi) is 6.97. The molecule has 2 unspecified atom stereocenters. The van der Waals surface area contributed by atoms with Crippen LogP contribution in [0.15, 0.2) is 0 Å². The molecule has 0 spiro atoms. The van der Waals surface area contributed by atoms with Crippen LogP contribution in [0.25, 0.3) is 0 Å². The van der Waals surface area contributed by atoms with Gasteiger partial charge in [0.2, 0.25) is 0 Å². The van der Waals surface area contributed by atoms with Crippen LogP contribution in [-0.4, -0.2) is 50.8 Å². The minimum Gasteiger partial charge on any atom is -0.380 e. The maximum Gasteiger partial charge on any atom is 0.0724 e. The van der Waals surface area contributed by atoms with Crippen LogP contribution in [0.1, 0.15) is 58.8 Å². The van der Waals surface area contributed by atoms with E-state index in [-0.39, 0.29) is 0 Å². The lowest BCUT2D eigenvalue weighted by Crippen LogP contribution is -2.50. The van der Waals surface area contributed by atoms with Crippen LogP contribution in [-0.2, 0) is 4.74 Å². The molecule has 21 heavy (non-hydrogen) atoms. The molecule has 1 N–H and O–H groups in total. The molecule has 1 aliphatic carbocycles. The van der Waals surface area contributed by atoms with Gasteiger partial charge in [-0.15, -0.1) is 0 Å². The first-order valence-electron chi connectivity index (χ1n) is 9.15. The molecule has 0 aromatic rings. The first-order valence-corrected chi connectivity index (χ1v) is 9.15. The van der Waals surface area contributed by atoms with Crippen molar-refractivity contribution in [3.8, 4) is 0 Å². The van der Waals surface area contributed by atoms with Crippen molar-refractivity contribution in [3.05, 3.63) is 0 Å². The summed E-state index contributed by atoms with van der Waals surface area (Å²) in [7, 11) is 1.88. The van der Waals surface area contributed by atoms with Crippen molar-refractivity contribution in [2.45, 2.75) is 64.9 Å². The molecule has 0 radical (unpaired) electrons. The van der Waals surface area contributed by atoms with Gasteiger partial charge in [-0.3, -0.25) is 0 Å². The molecule has 0 bridgehead atoms. The summed E-state index contributed by atoms with van der Waals surface area (Å²) in [5.41, 5.74) is 0.505. The second-order valence-corrected chi connectivity index (χ2v) is 7.47. The van der Waals surface area contributed by atoms with E-state index in [9.17, 15) is 0 Å². The van der Waals surface area contributed by atoms with E-state index >= 15 is 0 Å². The number of piperidine rings is 1. The molecular formula is C18H36N2O. The fourth-order valence-corrected chi connectivity index (χ4v) is 4.28. The van der Waals surface area contributed by atoms with E-state index in [1.165, 1.54) is 64.6 Å². The molecule has 1 saturated heterocycles. The zero-order chi connectivity index (χ0) is 15.1. The molecule has 3 nitrogen and oxygen atoms in total. The Morgan fingerprint density at radius 1 is 1.19 bits per heavy atom. The molecule has 1 saturated carbocycles. The van der Waals surface area contributed by atoms with Gasteiger partial charge in [-0.05, 0) is 43.7 Å². The monoisotopic (exact) mass is 296 g/mol. The minimum atomic E-state index is 0.431. The van der Waals surface area contributed by atoms with E-state index in [2.05, 4.69) is 24.1 Å². The molecular weight excluding hydrogens is 260 g/mol. The Bertz CT molecular complexity index is 287. The Hall–Kier alpha value is -0.120. The van der Waals surface area contributed by atoms with Crippen LogP contribution >= 0.6 is 0 Å². The molecule has 1 heterocycles. The summed E-state index contributed by atoms with van der Waals surface area (Å²) < 4.78 is 5.70. The van der Waals surface area contributed by atoms with E-state index in [0.29, 0.717) is 17.4 Å². The largest absolute Gasteiger partial charge is 0.380 e. The number of nitrogens with zero attached hydrogens (tertiary/aromatic N) is 1. The summed E-state index contributed by atoms with van der Waals surface area (Å²) in [4.78, 5) is 2.69. The van der Waals surface area contributed by atoms with Gasteiger partial charge >= 0.3 is 0 Å². The lowest BCUT2D eigenvalue weighted by molar-refractivity contribution is -0.0200. The summed E-state index contributed by atoms with van der Waals surface area (Å²) in [6, 6.07) is 0. The number of nitrogens with one attached hydrogen (secondary N) is 1. The molecule has 2 fully saturated rings. The Balaban J connectivity index is 1.97. The van der Waals surface area contributed by atoms with Crippen LogP contribution in [0.5, 0.6) is 0 Å². The van der Waals surface area contributed by atoms with Crippen LogP contribution in [0.4, 0.5) is 0 Å². The van der Waals surface area contributed by atoms with Gasteiger partial charge in [-0.2, -0.15) is 0 Å². The molecule has 2 rings (SSSR count). The molecule has 0 aromatic carbocycles. The van der Waals surface area contributed by atoms with E-state index in [1.807, 2.05) is 7.11 Å². The fourth-order valence-electron chi connectivity index (χ4n) is 4.28. The normalized spacial score (nSPS) is 31.0. The Morgan fingerprint density at radius 3 is 2.52 bits per heavy atom. The second-order valence-electron chi connectivity index (χ2n) is 7.47. The number of ether oxygens (including phenoxy) is 1. The van der Waals surface area contributed by atoms with E-state index in [1.54, 1.807) is 0 Å². The smallest absolute Gasteiger partial charge is 0.0724 e. The Morgan fingerprint density at radius 2 is 1.90 bits per heavy atom. The van der Waals surface area contributed by atoms with Crippen molar-refractivity contribution < 1.29 is 4.74 Å². The molecule has 0 aromatic heterocycles. The Labute approximate surface area is 131 Å². The van der Waals surface area contributed by atoms with E-state index < -0.39 is 0 Å². The number of rotatable bonds is 6. The molecule has 2 aliphatic rings. The average Bonchev–Trinajstić information content (AvgIpc) is 2.73. The fraction of sp³-hybridized carbons (Fsp3) is 1.00. The molecule has 2 atom stereocenters. The lowest BCUT2D eigenvalue weighted by atomic mass is 9.79. The quantitative estimate of drug-likeness (QED) is 0.761. The zero-order valence-corrected chi connectivity index (χ0v) is 14.5. The topological polar surface area (TPSA) is 24.5 Å². The van der Waals surface area contributed by atoms with Crippen LogP contribution in [0, 0.1) is 11.3 Å². The highest BCUT2D eigenvalue weighted by Crippen LogP contribution is 2.36. The summed E-state index contributed by atoms with van der Waals surface area (Å²) in [6.45, 7) is 10.5. The number of likely N-dealkylation sites (tertiary alicyclic amines) is 1. The highest BCUT2D eigenvalue weighted by molar-refractivity contribution is 4.89. The molecule has 3 heteroatoms. The average molecular weight is 296 g/mol. The predicted octanol–water partition coefficient (Wildman–Crippen LogP) is 3.29. The van der Waals surface area contributed by atoms with Gasteiger partial charge in [-0.1, -0.05) is 39.5 Å². The number of hydrogen-bond acceptors (Lipinski definition) is 3. The summed E-state index contributed by atoms with van der Waals surface area (Å²) in [5.74, 6) is 0.713. The maximum absolute atomic E-state index is 5.70. The number of hydrogen-bond donors (Lipinski definition) is 1. The second kappa shape index (κ2) is 8.50. The summed E-state index contributed by atoms with van der Waals surface area (Å²) in [5, 5.41) is 3.65. The van der Waals surface area contributed by atoms with Gasteiger partial charge in [0.15, 0.2) is 0 Å². The minimum absolute atomic E-state index is 0.431. The van der Waals surface area contributed by atoms with Crippen molar-refractivity contribution in [3.63, 3.8) is 0 Å². The van der Waals surface area contributed by atoms with Crippen LogP contribution in [0.3, 0.4) is 0 Å². The van der Waals surface area contributed by atoms with Gasteiger partial charge in [-0.25, -0.2) is 0 Å². The summed E-state index contributed by atoms with van der Waals surface area (Å²) in [6.07, 6.45) is 10.2. The molecule has 124 valence electrons. The van der Waals surface area contributed by atoms with Crippen molar-refractivity contribution in [2.24, 2.45) is 11.3 Å². The molecule has 0 amide bonds. The highest BCUT2D eigenvalue weighted by Gasteiger charge is 2.35. The molecule has 1 aliphatic heterocycles. The predicted molar refractivity (Wildman–Crippen MR) is 89.7 cm³/mol. The third-order valence-corrected chi connectivity index (χ3v) is 5.75.